The maximum atomic E-state index is 13.4. The van der Waals surface area contributed by atoms with Gasteiger partial charge in [-0.05, 0) is 24.6 Å². The van der Waals surface area contributed by atoms with Gasteiger partial charge in [0.25, 0.3) is 0 Å². The number of halogens is 1. The number of anilines is 1. The molecule has 0 amide bonds. The van der Waals surface area contributed by atoms with E-state index in [0.29, 0.717) is 0 Å². The maximum absolute atomic E-state index is 13.4. The van der Waals surface area contributed by atoms with Gasteiger partial charge in [-0.3, -0.25) is 0 Å². The number of hydrogen-bond acceptors (Lipinski definition) is 1. The molecule has 0 N–H and O–H groups in total. The first-order valence-corrected chi connectivity index (χ1v) is 4.35. The van der Waals surface area contributed by atoms with Crippen LogP contribution in [0.25, 0.3) is 5.57 Å². The molecule has 1 aliphatic heterocycles. The molecule has 0 saturated heterocycles. The Balaban J connectivity index is 2.58. The Bertz CT molecular complexity index is 357. The van der Waals surface area contributed by atoms with Gasteiger partial charge in [0.05, 0.1) is 0 Å². The van der Waals surface area contributed by atoms with Crippen molar-refractivity contribution in [3.63, 3.8) is 0 Å². The second kappa shape index (κ2) is 2.87. The van der Waals surface area contributed by atoms with Crippen LogP contribution in [0.5, 0.6) is 0 Å². The zero-order valence-electron chi connectivity index (χ0n) is 7.79. The number of rotatable bonds is 0. The minimum Gasteiger partial charge on any atom is -0.341 e. The van der Waals surface area contributed by atoms with Crippen molar-refractivity contribution < 1.29 is 4.39 Å². The van der Waals surface area contributed by atoms with Crippen molar-refractivity contribution in [2.75, 3.05) is 11.9 Å². The van der Waals surface area contributed by atoms with Crippen LogP contribution in [0, 0.1) is 0 Å². The van der Waals surface area contributed by atoms with Crippen LogP contribution in [0.1, 0.15) is 12.5 Å². The maximum Gasteiger partial charge on any atom is 0.191 e. The smallest absolute Gasteiger partial charge is 0.191 e. The Labute approximate surface area is 77.5 Å². The fraction of sp³-hybridized carbons (Fsp3) is 0.273. The zero-order chi connectivity index (χ0) is 9.42. The minimum absolute atomic E-state index is 0.968. The fourth-order valence-electron chi connectivity index (χ4n) is 1.66. The second-order valence-corrected chi connectivity index (χ2v) is 3.35. The Morgan fingerprint density at radius 1 is 1.31 bits per heavy atom. The molecule has 1 atom stereocenters. The Hall–Kier alpha value is -1.31. The van der Waals surface area contributed by atoms with Crippen LogP contribution in [-0.4, -0.2) is 13.3 Å². The first-order chi connectivity index (χ1) is 6.20. The molecule has 1 nitrogen and oxygen atoms in total. The summed E-state index contributed by atoms with van der Waals surface area (Å²) in [5, 5.41) is 0. The monoisotopic (exact) mass is 177 g/mol. The Morgan fingerprint density at radius 2 is 2.00 bits per heavy atom. The van der Waals surface area contributed by atoms with E-state index in [1.165, 1.54) is 0 Å². The third-order valence-electron chi connectivity index (χ3n) is 2.47. The van der Waals surface area contributed by atoms with E-state index in [1.54, 1.807) is 18.0 Å². The second-order valence-electron chi connectivity index (χ2n) is 3.35. The number of alkyl halides is 1. The third-order valence-corrected chi connectivity index (χ3v) is 2.47. The first-order valence-electron chi connectivity index (χ1n) is 4.35. The summed E-state index contributed by atoms with van der Waals surface area (Å²) < 4.78 is 13.4. The van der Waals surface area contributed by atoms with Crippen molar-refractivity contribution in [3.8, 4) is 0 Å². The largest absolute Gasteiger partial charge is 0.341 e. The molecular weight excluding hydrogens is 165 g/mol. The average molecular weight is 177 g/mol. The summed E-state index contributed by atoms with van der Waals surface area (Å²) in [6.45, 7) is 1.94. The van der Waals surface area contributed by atoms with Gasteiger partial charge in [0.2, 0.25) is 0 Å². The molecular formula is C11H12FN. The van der Waals surface area contributed by atoms with E-state index < -0.39 is 6.30 Å². The molecule has 0 aromatic heterocycles. The molecule has 1 aromatic carbocycles. The van der Waals surface area contributed by atoms with Crippen LogP contribution in [0.4, 0.5) is 10.1 Å². The zero-order valence-corrected chi connectivity index (χ0v) is 7.79. The number of likely N-dealkylation sites (N-methyl/N-ethyl adjacent to an activating group) is 1. The molecule has 1 heterocycles. The molecule has 0 bridgehead atoms. The van der Waals surface area contributed by atoms with Gasteiger partial charge in [-0.15, -0.1) is 0 Å². The van der Waals surface area contributed by atoms with E-state index in [0.717, 1.165) is 16.8 Å². The molecule has 2 heteroatoms. The standard InChI is InChI=1S/C11H12FN/c1-8-7-11(12)13(2)10-6-4-3-5-9(8)10/h3-7,11H,1-2H3. The molecule has 0 saturated carbocycles. The van der Waals surface area contributed by atoms with Gasteiger partial charge in [0, 0.05) is 18.3 Å². The van der Waals surface area contributed by atoms with Gasteiger partial charge in [0.1, 0.15) is 0 Å². The molecule has 1 unspecified atom stereocenters. The predicted molar refractivity (Wildman–Crippen MR) is 53.4 cm³/mol. The summed E-state index contributed by atoms with van der Waals surface area (Å²) in [5.74, 6) is 0. The number of hydrogen-bond donors (Lipinski definition) is 0. The lowest BCUT2D eigenvalue weighted by molar-refractivity contribution is 0.394. The highest BCUT2D eigenvalue weighted by atomic mass is 19.1. The molecule has 68 valence electrons. The summed E-state index contributed by atoms with van der Waals surface area (Å²) in [6.07, 6.45) is 0.650. The lowest BCUT2D eigenvalue weighted by Gasteiger charge is -2.29. The quantitative estimate of drug-likeness (QED) is 0.551. The summed E-state index contributed by atoms with van der Waals surface area (Å²) >= 11 is 0. The summed E-state index contributed by atoms with van der Waals surface area (Å²) in [5.41, 5.74) is 3.11. The molecule has 0 fully saturated rings. The predicted octanol–water partition coefficient (Wildman–Crippen LogP) is 2.84. The van der Waals surface area contributed by atoms with Crippen molar-refractivity contribution in [3.05, 3.63) is 35.9 Å². The number of fused-ring (bicyclic) bond motifs is 1. The van der Waals surface area contributed by atoms with E-state index in [2.05, 4.69) is 0 Å². The van der Waals surface area contributed by atoms with Crippen LogP contribution >= 0.6 is 0 Å². The van der Waals surface area contributed by atoms with Gasteiger partial charge in [0.15, 0.2) is 6.30 Å². The van der Waals surface area contributed by atoms with Crippen molar-refractivity contribution in [1.82, 2.24) is 0 Å². The first kappa shape index (κ1) is 8.30. The van der Waals surface area contributed by atoms with Gasteiger partial charge in [-0.25, -0.2) is 4.39 Å². The van der Waals surface area contributed by atoms with Crippen molar-refractivity contribution in [1.29, 1.82) is 0 Å². The SMILES string of the molecule is CC1=CC(F)N(C)c2ccccc21. The van der Waals surface area contributed by atoms with Gasteiger partial charge < -0.3 is 4.90 Å². The molecule has 13 heavy (non-hydrogen) atoms. The van der Waals surface area contributed by atoms with Crippen LogP contribution in [0.3, 0.4) is 0 Å². The van der Waals surface area contributed by atoms with E-state index in [1.807, 2.05) is 31.2 Å². The normalized spacial score (nSPS) is 21.0. The van der Waals surface area contributed by atoms with Crippen molar-refractivity contribution in [2.24, 2.45) is 0 Å². The van der Waals surface area contributed by atoms with Gasteiger partial charge in [-0.1, -0.05) is 18.2 Å². The van der Waals surface area contributed by atoms with E-state index >= 15 is 0 Å². The lowest BCUT2D eigenvalue weighted by Crippen LogP contribution is -2.29. The summed E-state index contributed by atoms with van der Waals surface area (Å²) in [6, 6.07) is 7.87. The van der Waals surface area contributed by atoms with Gasteiger partial charge >= 0.3 is 0 Å². The van der Waals surface area contributed by atoms with E-state index in [9.17, 15) is 4.39 Å². The van der Waals surface area contributed by atoms with E-state index in [4.69, 9.17) is 0 Å². The van der Waals surface area contributed by atoms with Crippen LogP contribution in [0.2, 0.25) is 0 Å². The number of nitrogens with zero attached hydrogens (tertiary/aromatic N) is 1. The Morgan fingerprint density at radius 3 is 2.77 bits per heavy atom. The molecule has 1 aromatic rings. The Kier molecular flexibility index (Phi) is 1.83. The third kappa shape index (κ3) is 1.22. The number of para-hydroxylation sites is 1. The van der Waals surface area contributed by atoms with E-state index in [-0.39, 0.29) is 0 Å². The molecule has 0 spiro atoms. The van der Waals surface area contributed by atoms with Crippen molar-refractivity contribution in [2.45, 2.75) is 13.2 Å². The lowest BCUT2D eigenvalue weighted by atomic mass is 10.0. The van der Waals surface area contributed by atoms with Crippen LogP contribution < -0.4 is 4.90 Å². The highest BCUT2D eigenvalue weighted by molar-refractivity contribution is 5.79. The number of allylic oxidation sites excluding steroid dienone is 1. The summed E-state index contributed by atoms with van der Waals surface area (Å²) in [7, 11) is 1.77. The van der Waals surface area contributed by atoms with Crippen LogP contribution in [-0.2, 0) is 0 Å². The molecule has 2 rings (SSSR count). The highest BCUT2D eigenvalue weighted by Crippen LogP contribution is 2.32. The summed E-state index contributed by atoms with van der Waals surface area (Å²) in [4.78, 5) is 1.64. The average Bonchev–Trinajstić information content (AvgIpc) is 2.15. The topological polar surface area (TPSA) is 3.24 Å². The van der Waals surface area contributed by atoms with Crippen LogP contribution in [0.15, 0.2) is 30.3 Å². The van der Waals surface area contributed by atoms with Gasteiger partial charge in [-0.2, -0.15) is 0 Å². The number of benzene rings is 1. The highest BCUT2D eigenvalue weighted by Gasteiger charge is 2.20. The van der Waals surface area contributed by atoms with Crippen molar-refractivity contribution >= 4 is 11.3 Å². The molecule has 1 aliphatic rings. The molecule has 0 aliphatic carbocycles. The molecule has 0 radical (unpaired) electrons. The fourth-order valence-corrected chi connectivity index (χ4v) is 1.66. The minimum atomic E-state index is -0.991.